The molecule has 0 saturated heterocycles. The van der Waals surface area contributed by atoms with E-state index in [-0.39, 0.29) is 12.0 Å². The molecule has 3 nitrogen and oxygen atoms in total. The first kappa shape index (κ1) is 9.41. The number of nitrogens with zero attached hydrogens (tertiary/aromatic N) is 1. The van der Waals surface area contributed by atoms with Crippen LogP contribution in [0.5, 0.6) is 0 Å². The zero-order valence-electron chi connectivity index (χ0n) is 6.63. The summed E-state index contributed by atoms with van der Waals surface area (Å²) < 4.78 is 9.73. The molecule has 0 N–H and O–H groups in total. The molecule has 0 aliphatic carbocycles. The van der Waals surface area contributed by atoms with Gasteiger partial charge in [0.25, 0.3) is 0 Å². The van der Waals surface area contributed by atoms with Gasteiger partial charge in [0.1, 0.15) is 6.10 Å². The second-order valence-corrected chi connectivity index (χ2v) is 2.22. The third-order valence-corrected chi connectivity index (χ3v) is 1.33. The summed E-state index contributed by atoms with van der Waals surface area (Å²) in [5, 5.41) is 8.49. The Bertz CT molecular complexity index is 119. The minimum Gasteiger partial charge on any atom is -0.384 e. The van der Waals surface area contributed by atoms with Crippen molar-refractivity contribution in [2.45, 2.75) is 13.0 Å². The van der Waals surface area contributed by atoms with Gasteiger partial charge in [-0.15, -0.1) is 0 Å². The van der Waals surface area contributed by atoms with Gasteiger partial charge in [-0.2, -0.15) is 5.26 Å². The Morgan fingerprint density at radius 3 is 2.40 bits per heavy atom. The summed E-state index contributed by atoms with van der Waals surface area (Å²) in [7, 11) is 3.14. The van der Waals surface area contributed by atoms with Crippen molar-refractivity contribution in [3.05, 3.63) is 0 Å². The van der Waals surface area contributed by atoms with E-state index in [0.29, 0.717) is 6.61 Å². The van der Waals surface area contributed by atoms with Crippen LogP contribution in [0, 0.1) is 17.2 Å². The molecular formula is C7H13NO2. The number of ether oxygens (including phenoxy) is 2. The summed E-state index contributed by atoms with van der Waals surface area (Å²) >= 11 is 0. The lowest BCUT2D eigenvalue weighted by atomic mass is 10.1. The monoisotopic (exact) mass is 143 g/mol. The molecule has 0 aliphatic heterocycles. The van der Waals surface area contributed by atoms with Gasteiger partial charge in [0.2, 0.25) is 0 Å². The van der Waals surface area contributed by atoms with E-state index >= 15 is 0 Å². The van der Waals surface area contributed by atoms with Crippen LogP contribution in [0.4, 0.5) is 0 Å². The smallest absolute Gasteiger partial charge is 0.148 e. The molecular weight excluding hydrogens is 130 g/mol. The zero-order valence-corrected chi connectivity index (χ0v) is 6.63. The van der Waals surface area contributed by atoms with E-state index in [4.69, 9.17) is 14.7 Å². The highest BCUT2D eigenvalue weighted by Gasteiger charge is 2.14. The minimum atomic E-state index is -0.347. The van der Waals surface area contributed by atoms with Gasteiger partial charge < -0.3 is 9.47 Å². The molecule has 0 heterocycles. The number of hydrogen-bond acceptors (Lipinski definition) is 3. The largest absolute Gasteiger partial charge is 0.384 e. The molecule has 0 aromatic carbocycles. The molecule has 0 radical (unpaired) electrons. The van der Waals surface area contributed by atoms with Crippen LogP contribution in [0.25, 0.3) is 0 Å². The Balaban J connectivity index is 3.67. The van der Waals surface area contributed by atoms with E-state index in [1.807, 2.05) is 13.0 Å². The van der Waals surface area contributed by atoms with Crippen molar-refractivity contribution in [2.75, 3.05) is 20.8 Å². The van der Waals surface area contributed by atoms with Crippen LogP contribution < -0.4 is 0 Å². The number of hydrogen-bond donors (Lipinski definition) is 0. The van der Waals surface area contributed by atoms with Gasteiger partial charge in [-0.05, 0) is 0 Å². The maximum Gasteiger partial charge on any atom is 0.148 e. The van der Waals surface area contributed by atoms with Crippen molar-refractivity contribution in [3.8, 4) is 6.07 Å². The van der Waals surface area contributed by atoms with Gasteiger partial charge in [-0.25, -0.2) is 0 Å². The molecule has 0 fully saturated rings. The SMILES string of the molecule is COCC(C)C(C#N)OC. The van der Waals surface area contributed by atoms with Gasteiger partial charge in [0.05, 0.1) is 12.7 Å². The Hall–Kier alpha value is -0.590. The fourth-order valence-corrected chi connectivity index (χ4v) is 0.763. The van der Waals surface area contributed by atoms with Crippen LogP contribution in [0.2, 0.25) is 0 Å². The van der Waals surface area contributed by atoms with Gasteiger partial charge in [-0.1, -0.05) is 6.92 Å². The topological polar surface area (TPSA) is 42.2 Å². The summed E-state index contributed by atoms with van der Waals surface area (Å²) in [5.74, 6) is 0.139. The molecule has 2 atom stereocenters. The predicted octanol–water partition coefficient (Wildman–Crippen LogP) is 0.807. The Morgan fingerprint density at radius 2 is 2.10 bits per heavy atom. The maximum absolute atomic E-state index is 8.49. The highest BCUT2D eigenvalue weighted by Crippen LogP contribution is 2.04. The van der Waals surface area contributed by atoms with Crippen LogP contribution in [0.1, 0.15) is 6.92 Å². The van der Waals surface area contributed by atoms with Crippen LogP contribution in [-0.4, -0.2) is 26.9 Å². The van der Waals surface area contributed by atoms with Crippen LogP contribution >= 0.6 is 0 Å². The van der Waals surface area contributed by atoms with Crippen molar-refractivity contribution in [2.24, 2.45) is 5.92 Å². The first-order valence-corrected chi connectivity index (χ1v) is 3.17. The minimum absolute atomic E-state index is 0.139. The lowest BCUT2D eigenvalue weighted by Gasteiger charge is -2.13. The number of methoxy groups -OCH3 is 2. The van der Waals surface area contributed by atoms with Crippen molar-refractivity contribution >= 4 is 0 Å². The van der Waals surface area contributed by atoms with Crippen LogP contribution in [0.15, 0.2) is 0 Å². The molecule has 58 valence electrons. The normalized spacial score (nSPS) is 15.8. The van der Waals surface area contributed by atoms with E-state index in [1.54, 1.807) is 7.11 Å². The quantitative estimate of drug-likeness (QED) is 0.584. The summed E-state index contributed by atoms with van der Waals surface area (Å²) in [4.78, 5) is 0. The molecule has 0 spiro atoms. The van der Waals surface area contributed by atoms with Crippen molar-refractivity contribution in [3.63, 3.8) is 0 Å². The number of rotatable bonds is 4. The van der Waals surface area contributed by atoms with E-state index in [0.717, 1.165) is 0 Å². The van der Waals surface area contributed by atoms with E-state index in [1.165, 1.54) is 7.11 Å². The zero-order chi connectivity index (χ0) is 7.98. The van der Waals surface area contributed by atoms with Crippen molar-refractivity contribution in [1.82, 2.24) is 0 Å². The number of nitriles is 1. The molecule has 0 bridgehead atoms. The van der Waals surface area contributed by atoms with E-state index < -0.39 is 0 Å². The van der Waals surface area contributed by atoms with Crippen molar-refractivity contribution < 1.29 is 9.47 Å². The average molecular weight is 143 g/mol. The maximum atomic E-state index is 8.49. The van der Waals surface area contributed by atoms with E-state index in [2.05, 4.69) is 0 Å². The third-order valence-electron chi connectivity index (χ3n) is 1.33. The third kappa shape index (κ3) is 2.81. The molecule has 2 unspecified atom stereocenters. The molecule has 0 aromatic heterocycles. The fourth-order valence-electron chi connectivity index (χ4n) is 0.763. The lowest BCUT2D eigenvalue weighted by Crippen LogP contribution is -2.22. The molecule has 0 saturated carbocycles. The van der Waals surface area contributed by atoms with Gasteiger partial charge in [0, 0.05) is 20.1 Å². The molecule has 3 heteroatoms. The van der Waals surface area contributed by atoms with Gasteiger partial charge in [0.15, 0.2) is 0 Å². The molecule has 0 aromatic rings. The first-order chi connectivity index (χ1) is 4.76. The summed E-state index contributed by atoms with van der Waals surface area (Å²) in [5.41, 5.74) is 0. The molecule has 0 rings (SSSR count). The highest BCUT2D eigenvalue weighted by molar-refractivity contribution is 4.87. The second-order valence-electron chi connectivity index (χ2n) is 2.22. The van der Waals surface area contributed by atoms with Crippen LogP contribution in [0.3, 0.4) is 0 Å². The molecule has 10 heavy (non-hydrogen) atoms. The Morgan fingerprint density at radius 1 is 1.50 bits per heavy atom. The Labute approximate surface area is 61.5 Å². The lowest BCUT2D eigenvalue weighted by molar-refractivity contribution is 0.0549. The second kappa shape index (κ2) is 5.21. The average Bonchev–Trinajstić information content (AvgIpc) is 1.91. The summed E-state index contributed by atoms with van der Waals surface area (Å²) in [6.45, 7) is 2.48. The highest BCUT2D eigenvalue weighted by atomic mass is 16.5. The standard InChI is InChI=1S/C7H13NO2/c1-6(5-9-2)7(4-8)10-3/h6-7H,5H2,1-3H3. The van der Waals surface area contributed by atoms with Gasteiger partial charge >= 0.3 is 0 Å². The van der Waals surface area contributed by atoms with E-state index in [9.17, 15) is 0 Å². The first-order valence-electron chi connectivity index (χ1n) is 3.17. The van der Waals surface area contributed by atoms with Crippen LogP contribution in [-0.2, 0) is 9.47 Å². The fraction of sp³-hybridized carbons (Fsp3) is 0.857. The molecule has 0 amide bonds. The van der Waals surface area contributed by atoms with Gasteiger partial charge in [-0.3, -0.25) is 0 Å². The van der Waals surface area contributed by atoms with Crippen molar-refractivity contribution in [1.29, 1.82) is 5.26 Å². The summed E-state index contributed by atoms with van der Waals surface area (Å²) in [6, 6.07) is 2.03. The Kier molecular flexibility index (Phi) is 4.91. The summed E-state index contributed by atoms with van der Waals surface area (Å²) in [6.07, 6.45) is -0.347. The molecule has 0 aliphatic rings. The predicted molar refractivity (Wildman–Crippen MR) is 37.5 cm³/mol.